The van der Waals surface area contributed by atoms with E-state index in [4.69, 9.17) is 9.90 Å². The Labute approximate surface area is 205 Å². The Balaban J connectivity index is 0.000000454. The third-order valence-electron chi connectivity index (χ3n) is 5.78. The van der Waals surface area contributed by atoms with E-state index in [2.05, 4.69) is 28.0 Å². The van der Waals surface area contributed by atoms with E-state index in [1.54, 1.807) is 22.9 Å². The van der Waals surface area contributed by atoms with Gasteiger partial charge in [-0.3, -0.25) is 9.59 Å². The van der Waals surface area contributed by atoms with Crippen molar-refractivity contribution in [2.75, 3.05) is 5.32 Å². The van der Waals surface area contributed by atoms with Crippen molar-refractivity contribution in [1.29, 1.82) is 0 Å². The van der Waals surface area contributed by atoms with Crippen LogP contribution >= 0.6 is 0 Å². The van der Waals surface area contributed by atoms with Crippen LogP contribution in [0.15, 0.2) is 53.6 Å². The molecule has 1 aliphatic rings. The molecule has 0 bridgehead atoms. The molecule has 0 spiro atoms. The van der Waals surface area contributed by atoms with Crippen molar-refractivity contribution in [3.05, 3.63) is 81.8 Å². The quantitative estimate of drug-likeness (QED) is 0.550. The SMILES string of the molecule is CCc1cn2c(n1)CC(C(=O)Nc1cccn(Cc3ccc(C)cc3)c1=O)CC2.O=C(O)C(F)(F)F. The standard InChI is InChI=1S/C23H26N4O2.C2HF3O2/c1-3-19-15-26-12-10-18(13-21(26)24-19)22(28)25-20-5-4-11-27(23(20)29)14-17-8-6-16(2)7-9-17;3-2(4,5)1(6)7/h4-9,11,15,18H,3,10,12-14H2,1-2H3,(H,25,28);(H,6,7). The first-order valence-electron chi connectivity index (χ1n) is 11.4. The van der Waals surface area contributed by atoms with Crippen LogP contribution in [0.1, 0.15) is 36.0 Å². The third kappa shape index (κ3) is 6.83. The molecule has 192 valence electrons. The molecular formula is C25H27F3N4O4. The van der Waals surface area contributed by atoms with E-state index in [0.717, 1.165) is 36.5 Å². The molecule has 1 amide bonds. The molecular weight excluding hydrogens is 477 g/mol. The molecule has 3 aromatic rings. The molecule has 1 atom stereocenters. The molecule has 0 saturated carbocycles. The van der Waals surface area contributed by atoms with Crippen LogP contribution in [0.4, 0.5) is 18.9 Å². The Bertz CT molecular complexity index is 1280. The number of aliphatic carboxylic acids is 1. The second-order valence-electron chi connectivity index (χ2n) is 8.52. The summed E-state index contributed by atoms with van der Waals surface area (Å²) < 4.78 is 35.5. The van der Waals surface area contributed by atoms with Gasteiger partial charge in [0.25, 0.3) is 5.56 Å². The number of hydrogen-bond donors (Lipinski definition) is 2. The zero-order chi connectivity index (χ0) is 26.5. The molecule has 0 aliphatic carbocycles. The number of imidazole rings is 1. The summed E-state index contributed by atoms with van der Waals surface area (Å²) in [5, 5.41) is 9.98. The van der Waals surface area contributed by atoms with Gasteiger partial charge in [-0.05, 0) is 37.5 Å². The molecule has 36 heavy (non-hydrogen) atoms. The van der Waals surface area contributed by atoms with Crippen molar-refractivity contribution >= 4 is 17.6 Å². The van der Waals surface area contributed by atoms with Gasteiger partial charge in [0.1, 0.15) is 11.5 Å². The monoisotopic (exact) mass is 504 g/mol. The number of carboxylic acid groups (broad SMARTS) is 1. The molecule has 11 heteroatoms. The van der Waals surface area contributed by atoms with Crippen LogP contribution in [0.25, 0.3) is 0 Å². The summed E-state index contributed by atoms with van der Waals surface area (Å²) in [4.78, 5) is 39.2. The number of rotatable bonds is 5. The number of alkyl halides is 3. The predicted octanol–water partition coefficient (Wildman–Crippen LogP) is 3.80. The minimum absolute atomic E-state index is 0.109. The number of carboxylic acids is 1. The fourth-order valence-corrected chi connectivity index (χ4v) is 3.76. The van der Waals surface area contributed by atoms with E-state index in [-0.39, 0.29) is 17.4 Å². The number of hydrogen-bond acceptors (Lipinski definition) is 4. The molecule has 3 heterocycles. The first kappa shape index (κ1) is 26.7. The average Bonchev–Trinajstić information content (AvgIpc) is 3.25. The number of carbonyl (C=O) groups is 2. The summed E-state index contributed by atoms with van der Waals surface area (Å²) in [5.74, 6) is -2.08. The van der Waals surface area contributed by atoms with Gasteiger partial charge in [0.15, 0.2) is 0 Å². The summed E-state index contributed by atoms with van der Waals surface area (Å²) in [7, 11) is 0. The number of anilines is 1. The zero-order valence-corrected chi connectivity index (χ0v) is 19.9. The van der Waals surface area contributed by atoms with Crippen molar-refractivity contribution in [2.24, 2.45) is 5.92 Å². The number of pyridine rings is 1. The highest BCUT2D eigenvalue weighted by Gasteiger charge is 2.38. The largest absolute Gasteiger partial charge is 0.490 e. The van der Waals surface area contributed by atoms with Crippen molar-refractivity contribution < 1.29 is 27.9 Å². The molecule has 1 unspecified atom stereocenters. The van der Waals surface area contributed by atoms with Gasteiger partial charge in [0.05, 0.1) is 12.2 Å². The fraction of sp³-hybridized carbons (Fsp3) is 0.360. The second-order valence-corrected chi connectivity index (χ2v) is 8.52. The first-order chi connectivity index (χ1) is 17.0. The molecule has 0 radical (unpaired) electrons. The third-order valence-corrected chi connectivity index (χ3v) is 5.78. The summed E-state index contributed by atoms with van der Waals surface area (Å²) in [6, 6.07) is 11.6. The maximum atomic E-state index is 12.8. The highest BCUT2D eigenvalue weighted by Crippen LogP contribution is 2.22. The summed E-state index contributed by atoms with van der Waals surface area (Å²) >= 11 is 0. The van der Waals surface area contributed by atoms with Crippen LogP contribution in [-0.4, -0.2) is 37.3 Å². The Morgan fingerprint density at radius 1 is 1.19 bits per heavy atom. The highest BCUT2D eigenvalue weighted by molar-refractivity contribution is 5.92. The highest BCUT2D eigenvalue weighted by atomic mass is 19.4. The molecule has 1 aromatic carbocycles. The van der Waals surface area contributed by atoms with E-state index in [0.29, 0.717) is 18.7 Å². The maximum Gasteiger partial charge on any atom is 0.490 e. The van der Waals surface area contributed by atoms with Gasteiger partial charge in [0, 0.05) is 31.3 Å². The Kier molecular flexibility index (Phi) is 8.33. The fourth-order valence-electron chi connectivity index (χ4n) is 3.76. The number of aromatic nitrogens is 3. The van der Waals surface area contributed by atoms with Gasteiger partial charge in [-0.1, -0.05) is 36.8 Å². The molecule has 0 saturated heterocycles. The van der Waals surface area contributed by atoms with Crippen LogP contribution in [0.3, 0.4) is 0 Å². The minimum atomic E-state index is -5.08. The smallest absolute Gasteiger partial charge is 0.475 e. The van der Waals surface area contributed by atoms with Gasteiger partial charge in [-0.25, -0.2) is 9.78 Å². The number of halogens is 3. The van der Waals surface area contributed by atoms with E-state index in [9.17, 15) is 22.8 Å². The number of nitrogens with one attached hydrogen (secondary N) is 1. The number of nitrogens with zero attached hydrogens (tertiary/aromatic N) is 3. The van der Waals surface area contributed by atoms with E-state index >= 15 is 0 Å². The number of carbonyl (C=O) groups excluding carboxylic acids is 1. The van der Waals surface area contributed by atoms with E-state index in [1.165, 1.54) is 5.56 Å². The van der Waals surface area contributed by atoms with E-state index < -0.39 is 12.1 Å². The molecule has 1 aliphatic heterocycles. The van der Waals surface area contributed by atoms with Crippen molar-refractivity contribution in [3.63, 3.8) is 0 Å². The summed E-state index contributed by atoms with van der Waals surface area (Å²) in [6.07, 6.45) is 0.992. The van der Waals surface area contributed by atoms with Crippen LogP contribution in [-0.2, 0) is 35.5 Å². The van der Waals surface area contributed by atoms with Gasteiger partial charge in [0.2, 0.25) is 5.91 Å². The lowest BCUT2D eigenvalue weighted by atomic mass is 9.97. The van der Waals surface area contributed by atoms with E-state index in [1.807, 2.05) is 31.2 Å². The molecule has 4 rings (SSSR count). The number of fused-ring (bicyclic) bond motifs is 1. The second kappa shape index (κ2) is 11.2. The molecule has 8 nitrogen and oxygen atoms in total. The minimum Gasteiger partial charge on any atom is -0.475 e. The Morgan fingerprint density at radius 2 is 1.86 bits per heavy atom. The average molecular weight is 505 g/mol. The van der Waals surface area contributed by atoms with Crippen LogP contribution in [0, 0.1) is 12.8 Å². The van der Waals surface area contributed by atoms with Gasteiger partial charge in [-0.15, -0.1) is 0 Å². The molecule has 0 fully saturated rings. The van der Waals surface area contributed by atoms with Crippen LogP contribution < -0.4 is 10.9 Å². The lowest BCUT2D eigenvalue weighted by Gasteiger charge is -2.22. The predicted molar refractivity (Wildman–Crippen MR) is 127 cm³/mol. The normalized spacial score (nSPS) is 14.9. The zero-order valence-electron chi connectivity index (χ0n) is 19.9. The lowest BCUT2D eigenvalue weighted by Crippen LogP contribution is -2.33. The summed E-state index contributed by atoms with van der Waals surface area (Å²) in [6.45, 7) is 5.37. The summed E-state index contributed by atoms with van der Waals surface area (Å²) in [5.41, 5.74) is 3.43. The first-order valence-corrected chi connectivity index (χ1v) is 11.4. The number of aryl methyl sites for hydroxylation is 3. The molecule has 2 aromatic heterocycles. The topological polar surface area (TPSA) is 106 Å². The van der Waals surface area contributed by atoms with Gasteiger partial charge >= 0.3 is 12.1 Å². The van der Waals surface area contributed by atoms with Crippen molar-refractivity contribution in [2.45, 2.75) is 52.4 Å². The van der Waals surface area contributed by atoms with Crippen LogP contribution in [0.2, 0.25) is 0 Å². The van der Waals surface area contributed by atoms with Gasteiger partial charge < -0.3 is 19.6 Å². The van der Waals surface area contributed by atoms with Gasteiger partial charge in [-0.2, -0.15) is 13.2 Å². The van der Waals surface area contributed by atoms with Crippen molar-refractivity contribution in [3.8, 4) is 0 Å². The Hall–Kier alpha value is -3.89. The van der Waals surface area contributed by atoms with Crippen molar-refractivity contribution in [1.82, 2.24) is 14.1 Å². The number of benzene rings is 1. The number of amides is 1. The van der Waals surface area contributed by atoms with Crippen LogP contribution in [0.5, 0.6) is 0 Å². The maximum absolute atomic E-state index is 12.8. The lowest BCUT2D eigenvalue weighted by molar-refractivity contribution is -0.192. The Morgan fingerprint density at radius 3 is 2.47 bits per heavy atom. The molecule has 2 N–H and O–H groups in total.